The summed E-state index contributed by atoms with van der Waals surface area (Å²) in [7, 11) is 0. The minimum Gasteiger partial charge on any atom is -0.343 e. The lowest BCUT2D eigenvalue weighted by molar-refractivity contribution is 0.836. The van der Waals surface area contributed by atoms with Gasteiger partial charge in [-0.3, -0.25) is 0 Å². The van der Waals surface area contributed by atoms with Crippen LogP contribution >= 0.6 is 15.9 Å². The molecule has 0 fully saturated rings. The van der Waals surface area contributed by atoms with Crippen LogP contribution in [0, 0.1) is 0 Å². The Morgan fingerprint density at radius 1 is 1.00 bits per heavy atom. The highest BCUT2D eigenvalue weighted by Gasteiger charge is 2.03. The Hall–Kier alpha value is -1.58. The van der Waals surface area contributed by atoms with Crippen molar-refractivity contribution in [3.8, 4) is 0 Å². The van der Waals surface area contributed by atoms with Gasteiger partial charge in [0.1, 0.15) is 0 Å². The third kappa shape index (κ3) is 2.57. The fraction of sp³-hybridized carbons (Fsp3) is 0.125. The van der Waals surface area contributed by atoms with Crippen molar-refractivity contribution in [1.82, 2.24) is 4.57 Å². The predicted octanol–water partition coefficient (Wildman–Crippen LogP) is 3.91. The largest absolute Gasteiger partial charge is 0.343 e. The number of aromatic nitrogens is 1. The van der Waals surface area contributed by atoms with Crippen LogP contribution in [-0.4, -0.2) is 4.57 Å². The van der Waals surface area contributed by atoms with Crippen molar-refractivity contribution in [2.45, 2.75) is 13.1 Å². The zero-order valence-electron chi connectivity index (χ0n) is 10.5. The molecule has 3 aromatic rings. The standard InChI is InChI=1S/C16H15BrN2/c17-15-3-1-2-13(9-15)11-19-7-6-14-8-12(10-18)4-5-16(14)19/h1-9H,10-11,18H2. The van der Waals surface area contributed by atoms with Gasteiger partial charge in [-0.2, -0.15) is 0 Å². The summed E-state index contributed by atoms with van der Waals surface area (Å²) >= 11 is 3.51. The van der Waals surface area contributed by atoms with E-state index in [1.807, 2.05) is 6.07 Å². The summed E-state index contributed by atoms with van der Waals surface area (Å²) in [6, 6.07) is 17.0. The molecule has 2 nitrogen and oxygen atoms in total. The van der Waals surface area contributed by atoms with E-state index in [1.165, 1.54) is 22.0 Å². The molecule has 0 radical (unpaired) electrons. The van der Waals surface area contributed by atoms with E-state index in [0.717, 1.165) is 11.0 Å². The van der Waals surface area contributed by atoms with Gasteiger partial charge < -0.3 is 10.3 Å². The zero-order valence-corrected chi connectivity index (χ0v) is 12.1. The molecule has 2 aromatic carbocycles. The van der Waals surface area contributed by atoms with Crippen LogP contribution in [0.2, 0.25) is 0 Å². The maximum atomic E-state index is 5.68. The van der Waals surface area contributed by atoms with Gasteiger partial charge in [-0.1, -0.05) is 34.1 Å². The summed E-state index contributed by atoms with van der Waals surface area (Å²) in [6.07, 6.45) is 2.13. The lowest BCUT2D eigenvalue weighted by Crippen LogP contribution is -1.99. The number of nitrogens with two attached hydrogens (primary N) is 1. The molecule has 96 valence electrons. The summed E-state index contributed by atoms with van der Waals surface area (Å²) in [5.41, 5.74) is 9.38. The number of fused-ring (bicyclic) bond motifs is 1. The van der Waals surface area contributed by atoms with Crippen LogP contribution in [0.5, 0.6) is 0 Å². The maximum Gasteiger partial charge on any atom is 0.0483 e. The molecule has 19 heavy (non-hydrogen) atoms. The van der Waals surface area contributed by atoms with Gasteiger partial charge in [-0.15, -0.1) is 0 Å². The molecule has 0 aliphatic rings. The summed E-state index contributed by atoms with van der Waals surface area (Å²) in [6.45, 7) is 1.47. The number of hydrogen-bond donors (Lipinski definition) is 1. The first-order valence-electron chi connectivity index (χ1n) is 6.28. The third-order valence-electron chi connectivity index (χ3n) is 3.31. The quantitative estimate of drug-likeness (QED) is 0.780. The Bertz CT molecular complexity index is 716. The Morgan fingerprint density at radius 2 is 1.89 bits per heavy atom. The van der Waals surface area contributed by atoms with E-state index >= 15 is 0 Å². The maximum absolute atomic E-state index is 5.68. The molecule has 0 saturated carbocycles. The second-order valence-electron chi connectivity index (χ2n) is 4.67. The van der Waals surface area contributed by atoms with E-state index in [4.69, 9.17) is 5.73 Å². The van der Waals surface area contributed by atoms with Crippen molar-refractivity contribution >= 4 is 26.8 Å². The molecular weight excluding hydrogens is 300 g/mol. The SMILES string of the molecule is NCc1ccc2c(ccn2Cc2cccc(Br)c2)c1. The van der Waals surface area contributed by atoms with E-state index in [0.29, 0.717) is 6.54 Å². The molecule has 1 heterocycles. The molecule has 0 spiro atoms. The van der Waals surface area contributed by atoms with Crippen LogP contribution in [0.15, 0.2) is 59.2 Å². The molecule has 0 amide bonds. The Labute approximate surface area is 121 Å². The lowest BCUT2D eigenvalue weighted by atomic mass is 10.1. The van der Waals surface area contributed by atoms with Crippen molar-refractivity contribution in [1.29, 1.82) is 0 Å². The second-order valence-corrected chi connectivity index (χ2v) is 5.59. The summed E-state index contributed by atoms with van der Waals surface area (Å²) in [5.74, 6) is 0. The van der Waals surface area contributed by atoms with E-state index < -0.39 is 0 Å². The van der Waals surface area contributed by atoms with E-state index in [-0.39, 0.29) is 0 Å². The molecule has 1 aromatic heterocycles. The number of hydrogen-bond acceptors (Lipinski definition) is 1. The van der Waals surface area contributed by atoms with Crippen LogP contribution in [0.4, 0.5) is 0 Å². The zero-order chi connectivity index (χ0) is 13.2. The molecular formula is C16H15BrN2. The Kier molecular flexibility index (Phi) is 3.40. The Morgan fingerprint density at radius 3 is 2.68 bits per heavy atom. The number of rotatable bonds is 3. The monoisotopic (exact) mass is 314 g/mol. The van der Waals surface area contributed by atoms with E-state index in [1.54, 1.807) is 0 Å². The molecule has 2 N–H and O–H groups in total. The van der Waals surface area contributed by atoms with Crippen molar-refractivity contribution in [2.75, 3.05) is 0 Å². The molecule has 0 atom stereocenters. The van der Waals surface area contributed by atoms with Gasteiger partial charge in [0.15, 0.2) is 0 Å². The summed E-state index contributed by atoms with van der Waals surface area (Å²) in [4.78, 5) is 0. The average molecular weight is 315 g/mol. The van der Waals surface area contributed by atoms with Gasteiger partial charge in [0.25, 0.3) is 0 Å². The first-order chi connectivity index (χ1) is 9.26. The molecule has 3 heteroatoms. The summed E-state index contributed by atoms with van der Waals surface area (Å²) < 4.78 is 3.38. The van der Waals surface area contributed by atoms with Crippen LogP contribution < -0.4 is 5.73 Å². The van der Waals surface area contributed by atoms with Crippen molar-refractivity contribution in [3.63, 3.8) is 0 Å². The fourth-order valence-electron chi connectivity index (χ4n) is 2.35. The third-order valence-corrected chi connectivity index (χ3v) is 3.81. The molecule has 0 aliphatic carbocycles. The van der Waals surface area contributed by atoms with Crippen LogP contribution in [0.25, 0.3) is 10.9 Å². The topological polar surface area (TPSA) is 30.9 Å². The first-order valence-corrected chi connectivity index (χ1v) is 7.08. The van der Waals surface area contributed by atoms with Crippen LogP contribution in [0.3, 0.4) is 0 Å². The molecule has 0 aliphatic heterocycles. The smallest absolute Gasteiger partial charge is 0.0483 e. The van der Waals surface area contributed by atoms with Gasteiger partial charge >= 0.3 is 0 Å². The Balaban J connectivity index is 1.97. The van der Waals surface area contributed by atoms with Crippen LogP contribution in [0.1, 0.15) is 11.1 Å². The molecule has 0 saturated heterocycles. The van der Waals surface area contributed by atoms with Gasteiger partial charge in [0.2, 0.25) is 0 Å². The van der Waals surface area contributed by atoms with Crippen molar-refractivity contribution in [2.24, 2.45) is 5.73 Å². The lowest BCUT2D eigenvalue weighted by Gasteiger charge is -2.07. The minimum absolute atomic E-state index is 0.590. The van der Waals surface area contributed by atoms with Gasteiger partial charge in [-0.25, -0.2) is 0 Å². The summed E-state index contributed by atoms with van der Waals surface area (Å²) in [5, 5.41) is 1.25. The number of benzene rings is 2. The number of halogens is 1. The van der Waals surface area contributed by atoms with E-state index in [2.05, 4.69) is 69.2 Å². The van der Waals surface area contributed by atoms with Crippen molar-refractivity contribution < 1.29 is 0 Å². The van der Waals surface area contributed by atoms with Gasteiger partial charge in [0, 0.05) is 29.3 Å². The van der Waals surface area contributed by atoms with Crippen molar-refractivity contribution in [3.05, 3.63) is 70.3 Å². The molecule has 0 bridgehead atoms. The minimum atomic E-state index is 0.590. The highest BCUT2D eigenvalue weighted by atomic mass is 79.9. The average Bonchev–Trinajstić information content (AvgIpc) is 2.81. The first kappa shape index (κ1) is 12.5. The normalized spacial score (nSPS) is 11.1. The molecule has 3 rings (SSSR count). The van der Waals surface area contributed by atoms with Crippen LogP contribution in [-0.2, 0) is 13.1 Å². The molecule has 0 unspecified atom stereocenters. The highest BCUT2D eigenvalue weighted by Crippen LogP contribution is 2.20. The highest BCUT2D eigenvalue weighted by molar-refractivity contribution is 9.10. The van der Waals surface area contributed by atoms with E-state index in [9.17, 15) is 0 Å². The number of nitrogens with zero attached hydrogens (tertiary/aromatic N) is 1. The predicted molar refractivity (Wildman–Crippen MR) is 83.1 cm³/mol. The fourth-order valence-corrected chi connectivity index (χ4v) is 2.79. The van der Waals surface area contributed by atoms with Gasteiger partial charge in [-0.05, 0) is 46.8 Å². The second kappa shape index (κ2) is 5.19. The van der Waals surface area contributed by atoms with Gasteiger partial charge in [0.05, 0.1) is 0 Å².